The third kappa shape index (κ3) is 7.85. The Hall–Kier alpha value is -3.92. The summed E-state index contributed by atoms with van der Waals surface area (Å²) in [5.74, 6) is -3.67. The topological polar surface area (TPSA) is 158 Å². The van der Waals surface area contributed by atoms with E-state index in [4.69, 9.17) is 23.7 Å². The molecule has 1 heterocycles. The Kier molecular flexibility index (Phi) is 9.48. The van der Waals surface area contributed by atoms with Gasteiger partial charge in [0.2, 0.25) is 0 Å². The summed E-state index contributed by atoms with van der Waals surface area (Å²) in [4.78, 5) is 47.4. The van der Waals surface area contributed by atoms with Gasteiger partial charge in [-0.25, -0.2) is 0 Å². The first-order chi connectivity index (χ1) is 19.0. The van der Waals surface area contributed by atoms with Crippen LogP contribution in [0.5, 0.6) is 5.75 Å². The lowest BCUT2D eigenvalue weighted by atomic mass is 9.89. The van der Waals surface area contributed by atoms with E-state index < -0.39 is 82.4 Å². The van der Waals surface area contributed by atoms with Gasteiger partial charge in [-0.3, -0.25) is 19.2 Å². The molecule has 2 aromatic rings. The van der Waals surface area contributed by atoms with Gasteiger partial charge in [0.05, 0.1) is 0 Å². The van der Waals surface area contributed by atoms with Crippen LogP contribution in [0.3, 0.4) is 0 Å². The molecule has 5 atom stereocenters. The van der Waals surface area contributed by atoms with Crippen LogP contribution in [0.2, 0.25) is 0 Å². The van der Waals surface area contributed by atoms with E-state index in [0.29, 0.717) is 10.9 Å². The summed E-state index contributed by atoms with van der Waals surface area (Å²) in [7, 11) is -5.89. The van der Waals surface area contributed by atoms with E-state index >= 15 is 0 Å². The minimum absolute atomic E-state index is 0.272. The summed E-state index contributed by atoms with van der Waals surface area (Å²) in [6.45, 7) is 3.95. The number of esters is 4. The largest absolute Gasteiger partial charge is 0.534 e. The Morgan fingerprint density at radius 1 is 0.780 bits per heavy atom. The summed E-state index contributed by atoms with van der Waals surface area (Å²) in [6.07, 6.45) is -6.51. The molecule has 2 aromatic carbocycles. The molecule has 1 aliphatic heterocycles. The number of halogens is 3. The van der Waals surface area contributed by atoms with Gasteiger partial charge in [0.15, 0.2) is 18.3 Å². The Bertz CT molecular complexity index is 1440. The smallest absolute Gasteiger partial charge is 0.463 e. The summed E-state index contributed by atoms with van der Waals surface area (Å²) in [5, 5.41) is 0.654. The molecule has 0 N–H and O–H groups in total. The van der Waals surface area contributed by atoms with Gasteiger partial charge in [-0.1, -0.05) is 18.2 Å². The van der Waals surface area contributed by atoms with Crippen LogP contribution in [0.15, 0.2) is 36.4 Å². The van der Waals surface area contributed by atoms with E-state index in [0.717, 1.165) is 39.8 Å². The number of hydrogen-bond acceptors (Lipinski definition) is 12. The summed E-state index contributed by atoms with van der Waals surface area (Å²) >= 11 is 0. The summed E-state index contributed by atoms with van der Waals surface area (Å²) < 4.78 is 92.3. The van der Waals surface area contributed by atoms with Crippen LogP contribution < -0.4 is 4.18 Å². The highest BCUT2D eigenvalue weighted by Crippen LogP contribution is 2.39. The minimum Gasteiger partial charge on any atom is -0.463 e. The van der Waals surface area contributed by atoms with Crippen LogP contribution in [0.4, 0.5) is 13.2 Å². The van der Waals surface area contributed by atoms with E-state index in [1.165, 1.54) is 24.3 Å². The number of alkyl halides is 3. The Morgan fingerprint density at radius 3 is 1.88 bits per heavy atom. The van der Waals surface area contributed by atoms with E-state index in [-0.39, 0.29) is 5.39 Å². The maximum absolute atomic E-state index is 12.7. The summed E-state index contributed by atoms with van der Waals surface area (Å²) in [6, 6.07) is 7.69. The van der Waals surface area contributed by atoms with Crippen molar-refractivity contribution in [3.8, 4) is 5.75 Å². The summed E-state index contributed by atoms with van der Waals surface area (Å²) in [5.41, 5.74) is -5.31. The zero-order valence-electron chi connectivity index (χ0n) is 22.0. The highest BCUT2D eigenvalue weighted by Gasteiger charge is 2.52. The molecule has 16 heteroatoms. The van der Waals surface area contributed by atoms with Gasteiger partial charge in [-0.2, -0.15) is 21.6 Å². The fourth-order valence-electron chi connectivity index (χ4n) is 4.14. The predicted molar refractivity (Wildman–Crippen MR) is 130 cm³/mol. The number of benzene rings is 2. The molecule has 0 bridgehead atoms. The molecule has 0 radical (unpaired) electrons. The zero-order chi connectivity index (χ0) is 30.7. The molecular formula is C25H25F3O12S. The van der Waals surface area contributed by atoms with Crippen molar-refractivity contribution in [2.24, 2.45) is 0 Å². The molecule has 0 spiro atoms. The van der Waals surface area contributed by atoms with Crippen LogP contribution in [-0.2, 0) is 53.0 Å². The highest BCUT2D eigenvalue weighted by atomic mass is 32.2. The minimum atomic E-state index is -5.89. The standard InChI is InChI=1S/C25H25F3O12S/c1-12(29)35-11-20-22(36-13(2)30)24(38-15(4)32)23(37-14(3)31)21(39-20)18-6-5-17-10-19(8-7-16(17)9-18)40-41(33,34)25(26,27)28/h5-10,20-24H,11H2,1-4H3/t20-,21-,22-,23-,24-/m1/s1. The molecule has 1 saturated heterocycles. The fraction of sp³-hybridized carbons (Fsp3) is 0.440. The molecule has 12 nitrogen and oxygen atoms in total. The maximum atomic E-state index is 12.7. The van der Waals surface area contributed by atoms with E-state index in [1.54, 1.807) is 0 Å². The number of carbonyl (C=O) groups excluding carboxylic acids is 4. The molecular weight excluding hydrogens is 581 g/mol. The number of carbonyl (C=O) groups is 4. The van der Waals surface area contributed by atoms with Crippen molar-refractivity contribution in [2.45, 2.75) is 63.7 Å². The predicted octanol–water partition coefficient (Wildman–Crippen LogP) is 2.87. The van der Waals surface area contributed by atoms with E-state index in [9.17, 15) is 40.8 Å². The maximum Gasteiger partial charge on any atom is 0.534 e. The lowest BCUT2D eigenvalue weighted by Gasteiger charge is -2.44. The van der Waals surface area contributed by atoms with E-state index in [1.807, 2.05) is 0 Å². The zero-order valence-corrected chi connectivity index (χ0v) is 22.8. The number of hydrogen-bond donors (Lipinski definition) is 0. The van der Waals surface area contributed by atoms with Crippen LogP contribution in [0, 0.1) is 0 Å². The van der Waals surface area contributed by atoms with Gasteiger partial charge in [0.25, 0.3) is 0 Å². The van der Waals surface area contributed by atoms with Crippen LogP contribution in [0.1, 0.15) is 39.4 Å². The first-order valence-electron chi connectivity index (χ1n) is 11.8. The van der Waals surface area contributed by atoms with Crippen molar-refractivity contribution < 1.29 is 68.6 Å². The van der Waals surface area contributed by atoms with E-state index in [2.05, 4.69) is 4.18 Å². The third-order valence-corrected chi connectivity index (χ3v) is 6.62. The van der Waals surface area contributed by atoms with Gasteiger partial charge in [0, 0.05) is 27.7 Å². The van der Waals surface area contributed by atoms with Crippen molar-refractivity contribution in [3.63, 3.8) is 0 Å². The second-order valence-electron chi connectivity index (χ2n) is 8.87. The van der Waals surface area contributed by atoms with Crippen molar-refractivity contribution in [1.82, 2.24) is 0 Å². The quantitative estimate of drug-likeness (QED) is 0.188. The van der Waals surface area contributed by atoms with Crippen LogP contribution >= 0.6 is 0 Å². The molecule has 3 rings (SSSR count). The Balaban J connectivity index is 2.06. The lowest BCUT2D eigenvalue weighted by molar-refractivity contribution is -0.254. The second-order valence-corrected chi connectivity index (χ2v) is 10.4. The molecule has 0 amide bonds. The number of fused-ring (bicyclic) bond motifs is 1. The molecule has 41 heavy (non-hydrogen) atoms. The van der Waals surface area contributed by atoms with Gasteiger partial charge in [-0.05, 0) is 34.5 Å². The van der Waals surface area contributed by atoms with Crippen molar-refractivity contribution in [3.05, 3.63) is 42.0 Å². The van der Waals surface area contributed by atoms with Gasteiger partial charge in [-0.15, -0.1) is 0 Å². The van der Waals surface area contributed by atoms with Crippen molar-refractivity contribution in [1.29, 1.82) is 0 Å². The average molecular weight is 607 g/mol. The molecule has 1 aliphatic rings. The average Bonchev–Trinajstić information content (AvgIpc) is 2.83. The van der Waals surface area contributed by atoms with Gasteiger partial charge < -0.3 is 27.9 Å². The SMILES string of the molecule is CC(=O)OC[C@H]1O[C@H](c2ccc3cc(OS(=O)(=O)C(F)(F)F)ccc3c2)[C@@H](OC(C)=O)[C@H](OC(C)=O)[C@@H]1OC(C)=O. The highest BCUT2D eigenvalue weighted by molar-refractivity contribution is 7.88. The van der Waals surface area contributed by atoms with Crippen LogP contribution in [0.25, 0.3) is 10.8 Å². The van der Waals surface area contributed by atoms with Crippen molar-refractivity contribution >= 4 is 44.8 Å². The van der Waals surface area contributed by atoms with Crippen molar-refractivity contribution in [2.75, 3.05) is 6.61 Å². The number of ether oxygens (including phenoxy) is 5. The molecule has 0 unspecified atom stereocenters. The van der Waals surface area contributed by atoms with Gasteiger partial charge in [0.1, 0.15) is 24.6 Å². The fourth-order valence-corrected chi connectivity index (χ4v) is 4.59. The molecule has 0 aromatic heterocycles. The molecule has 0 saturated carbocycles. The molecule has 224 valence electrons. The second kappa shape index (κ2) is 12.3. The first kappa shape index (κ1) is 31.6. The third-order valence-electron chi connectivity index (χ3n) is 5.64. The molecule has 0 aliphatic carbocycles. The first-order valence-corrected chi connectivity index (χ1v) is 13.2. The van der Waals surface area contributed by atoms with Gasteiger partial charge >= 0.3 is 39.5 Å². The Labute approximate surface area is 231 Å². The Morgan fingerprint density at radius 2 is 1.32 bits per heavy atom. The lowest BCUT2D eigenvalue weighted by Crippen LogP contribution is -2.59. The molecule has 1 fully saturated rings. The van der Waals surface area contributed by atoms with Crippen LogP contribution in [-0.4, -0.2) is 68.8 Å². The normalized spacial score (nSPS) is 22.9. The monoisotopic (exact) mass is 606 g/mol. The number of rotatable bonds is 8.